The number of halogens is 1. The number of hydrogen-bond donors (Lipinski definition) is 1. The van der Waals surface area contributed by atoms with Gasteiger partial charge >= 0.3 is 0 Å². The first-order chi connectivity index (χ1) is 8.60. The molecule has 2 aromatic rings. The van der Waals surface area contributed by atoms with Crippen molar-refractivity contribution in [1.82, 2.24) is 4.98 Å². The van der Waals surface area contributed by atoms with Crippen LogP contribution in [0.15, 0.2) is 30.5 Å². The first kappa shape index (κ1) is 12.4. The number of aromatic nitrogens is 1. The molecule has 1 heterocycles. The van der Waals surface area contributed by atoms with Crippen LogP contribution in [0.4, 0.5) is 10.2 Å². The van der Waals surface area contributed by atoms with Crippen LogP contribution in [-0.2, 0) is 6.42 Å². The van der Waals surface area contributed by atoms with Crippen molar-refractivity contribution >= 4 is 5.82 Å². The fourth-order valence-corrected chi connectivity index (χ4v) is 1.82. The molecule has 0 aliphatic carbocycles. The minimum Gasteiger partial charge on any atom is -0.494 e. The van der Waals surface area contributed by atoms with E-state index in [0.717, 1.165) is 16.7 Å². The normalized spacial score (nSPS) is 10.4. The van der Waals surface area contributed by atoms with Gasteiger partial charge in [-0.1, -0.05) is 12.1 Å². The van der Waals surface area contributed by atoms with E-state index in [9.17, 15) is 4.39 Å². The third-order valence-corrected chi connectivity index (χ3v) is 2.75. The number of hydrogen-bond acceptors (Lipinski definition) is 3. The first-order valence-corrected chi connectivity index (χ1v) is 5.63. The molecule has 0 radical (unpaired) electrons. The van der Waals surface area contributed by atoms with Crippen molar-refractivity contribution in [2.45, 2.75) is 13.3 Å². The predicted octanol–water partition coefficient (Wildman–Crippen LogP) is 2.71. The predicted molar refractivity (Wildman–Crippen MR) is 69.1 cm³/mol. The Morgan fingerprint density at radius 1 is 1.33 bits per heavy atom. The van der Waals surface area contributed by atoms with Crippen LogP contribution in [0.3, 0.4) is 0 Å². The smallest absolute Gasteiger partial charge is 0.165 e. The Morgan fingerprint density at radius 3 is 2.78 bits per heavy atom. The van der Waals surface area contributed by atoms with Gasteiger partial charge in [-0.3, -0.25) is 0 Å². The van der Waals surface area contributed by atoms with Gasteiger partial charge in [0.25, 0.3) is 0 Å². The second-order valence-electron chi connectivity index (χ2n) is 4.20. The maximum atomic E-state index is 13.6. The van der Waals surface area contributed by atoms with Crippen molar-refractivity contribution in [2.75, 3.05) is 12.8 Å². The number of ether oxygens (including phenoxy) is 1. The van der Waals surface area contributed by atoms with Crippen LogP contribution in [0.5, 0.6) is 5.75 Å². The lowest BCUT2D eigenvalue weighted by molar-refractivity contribution is 0.386. The van der Waals surface area contributed by atoms with E-state index in [4.69, 9.17) is 10.5 Å². The summed E-state index contributed by atoms with van der Waals surface area (Å²) in [6, 6.07) is 6.86. The molecule has 0 aliphatic heterocycles. The van der Waals surface area contributed by atoms with E-state index < -0.39 is 0 Å². The zero-order valence-electron chi connectivity index (χ0n) is 10.4. The number of anilines is 1. The minimum absolute atomic E-state index is 0.245. The molecule has 4 heteroatoms. The molecule has 0 amide bonds. The molecule has 0 spiro atoms. The molecular weight excluding hydrogens is 231 g/mol. The van der Waals surface area contributed by atoms with E-state index in [-0.39, 0.29) is 11.6 Å². The number of nitrogen functional groups attached to an aromatic ring is 1. The lowest BCUT2D eigenvalue weighted by Crippen LogP contribution is -2.00. The summed E-state index contributed by atoms with van der Waals surface area (Å²) in [6.45, 7) is 1.95. The zero-order valence-corrected chi connectivity index (χ0v) is 10.4. The van der Waals surface area contributed by atoms with Crippen LogP contribution < -0.4 is 10.5 Å². The third kappa shape index (κ3) is 2.59. The number of nitrogens with zero attached hydrogens (tertiary/aromatic N) is 1. The summed E-state index contributed by atoms with van der Waals surface area (Å²) in [5.74, 6) is 0.361. The van der Waals surface area contributed by atoms with Gasteiger partial charge < -0.3 is 10.5 Å². The lowest BCUT2D eigenvalue weighted by Gasteiger charge is -2.08. The largest absolute Gasteiger partial charge is 0.494 e. The second kappa shape index (κ2) is 5.04. The number of benzene rings is 1. The molecular formula is C14H15FN2O. The molecule has 0 unspecified atom stereocenters. The van der Waals surface area contributed by atoms with Gasteiger partial charge in [-0.15, -0.1) is 0 Å². The van der Waals surface area contributed by atoms with Gasteiger partial charge in [-0.2, -0.15) is 0 Å². The van der Waals surface area contributed by atoms with Gasteiger partial charge in [-0.25, -0.2) is 9.37 Å². The monoisotopic (exact) mass is 246 g/mol. The van der Waals surface area contributed by atoms with E-state index in [1.165, 1.54) is 13.2 Å². The van der Waals surface area contributed by atoms with Crippen molar-refractivity contribution in [3.8, 4) is 5.75 Å². The summed E-state index contributed by atoms with van der Waals surface area (Å²) in [5, 5.41) is 0. The van der Waals surface area contributed by atoms with Crippen LogP contribution in [0.1, 0.15) is 16.7 Å². The van der Waals surface area contributed by atoms with E-state index >= 15 is 0 Å². The molecule has 18 heavy (non-hydrogen) atoms. The molecule has 94 valence electrons. The molecule has 0 fully saturated rings. The number of methoxy groups -OCH3 is 1. The highest BCUT2D eigenvalue weighted by Crippen LogP contribution is 2.21. The highest BCUT2D eigenvalue weighted by Gasteiger charge is 2.06. The van der Waals surface area contributed by atoms with Crippen LogP contribution >= 0.6 is 0 Å². The van der Waals surface area contributed by atoms with Gasteiger partial charge in [0.15, 0.2) is 11.6 Å². The number of nitrogens with two attached hydrogens (primary N) is 1. The van der Waals surface area contributed by atoms with Gasteiger partial charge in [0.2, 0.25) is 0 Å². The summed E-state index contributed by atoms with van der Waals surface area (Å²) < 4.78 is 18.4. The van der Waals surface area contributed by atoms with Crippen molar-refractivity contribution < 1.29 is 9.13 Å². The lowest BCUT2D eigenvalue weighted by atomic mass is 10.0. The molecule has 1 aromatic carbocycles. The average Bonchev–Trinajstić information content (AvgIpc) is 2.34. The second-order valence-corrected chi connectivity index (χ2v) is 4.20. The Labute approximate surface area is 105 Å². The van der Waals surface area contributed by atoms with Crippen LogP contribution in [-0.4, -0.2) is 12.1 Å². The number of rotatable bonds is 3. The molecule has 0 aliphatic rings. The summed E-state index contributed by atoms with van der Waals surface area (Å²) >= 11 is 0. The molecule has 2 rings (SSSR count). The standard InChI is InChI=1S/C14H15FN2O/c1-9-5-11(14(16)17-8-9)6-10-3-4-13(18-2)12(15)7-10/h3-5,7-8H,6H2,1-2H3,(H2,16,17). The van der Waals surface area contributed by atoms with Gasteiger partial charge in [0.1, 0.15) is 5.82 Å². The number of pyridine rings is 1. The SMILES string of the molecule is COc1ccc(Cc2cc(C)cnc2N)cc1F. The molecule has 3 nitrogen and oxygen atoms in total. The van der Waals surface area contributed by atoms with Crippen molar-refractivity contribution in [1.29, 1.82) is 0 Å². The number of aryl methyl sites for hydroxylation is 1. The van der Waals surface area contributed by atoms with Crippen molar-refractivity contribution in [3.63, 3.8) is 0 Å². The molecule has 1 aromatic heterocycles. The van der Waals surface area contributed by atoms with E-state index in [1.807, 2.05) is 19.1 Å². The van der Waals surface area contributed by atoms with Crippen molar-refractivity contribution in [2.24, 2.45) is 0 Å². The third-order valence-electron chi connectivity index (χ3n) is 2.75. The van der Waals surface area contributed by atoms with Crippen LogP contribution in [0.2, 0.25) is 0 Å². The fourth-order valence-electron chi connectivity index (χ4n) is 1.82. The first-order valence-electron chi connectivity index (χ1n) is 5.63. The maximum Gasteiger partial charge on any atom is 0.165 e. The Hall–Kier alpha value is -2.10. The zero-order chi connectivity index (χ0) is 13.1. The van der Waals surface area contributed by atoms with E-state index in [0.29, 0.717) is 12.2 Å². The quantitative estimate of drug-likeness (QED) is 0.905. The Balaban J connectivity index is 2.28. The summed E-state index contributed by atoms with van der Waals surface area (Å²) in [5.41, 5.74) is 8.58. The summed E-state index contributed by atoms with van der Waals surface area (Å²) in [4.78, 5) is 4.09. The van der Waals surface area contributed by atoms with Gasteiger partial charge in [0.05, 0.1) is 7.11 Å². The van der Waals surface area contributed by atoms with Gasteiger partial charge in [-0.05, 0) is 35.7 Å². The molecule has 0 saturated carbocycles. The highest BCUT2D eigenvalue weighted by atomic mass is 19.1. The van der Waals surface area contributed by atoms with Crippen molar-refractivity contribution in [3.05, 3.63) is 53.0 Å². The summed E-state index contributed by atoms with van der Waals surface area (Å²) in [7, 11) is 1.44. The minimum atomic E-state index is -0.366. The highest BCUT2D eigenvalue weighted by molar-refractivity contribution is 5.44. The van der Waals surface area contributed by atoms with E-state index in [2.05, 4.69) is 4.98 Å². The van der Waals surface area contributed by atoms with Crippen LogP contribution in [0, 0.1) is 12.7 Å². The fraction of sp³-hybridized carbons (Fsp3) is 0.214. The molecule has 0 atom stereocenters. The molecule has 2 N–H and O–H groups in total. The Kier molecular flexibility index (Phi) is 3.46. The average molecular weight is 246 g/mol. The summed E-state index contributed by atoms with van der Waals surface area (Å²) in [6.07, 6.45) is 2.27. The topological polar surface area (TPSA) is 48.1 Å². The molecule has 0 bridgehead atoms. The van der Waals surface area contributed by atoms with Gasteiger partial charge in [0, 0.05) is 12.6 Å². The van der Waals surface area contributed by atoms with Crippen LogP contribution in [0.25, 0.3) is 0 Å². The maximum absolute atomic E-state index is 13.6. The van der Waals surface area contributed by atoms with E-state index in [1.54, 1.807) is 12.3 Å². The molecule has 0 saturated heterocycles. The Morgan fingerprint density at radius 2 is 2.11 bits per heavy atom. The Bertz CT molecular complexity index is 570.